The first-order valence-electron chi connectivity index (χ1n) is 7.42. The molecule has 0 aliphatic carbocycles. The minimum absolute atomic E-state index is 0.0524. The highest BCUT2D eigenvalue weighted by molar-refractivity contribution is 6.09. The molecule has 0 atom stereocenters. The quantitative estimate of drug-likeness (QED) is 0.342. The number of halogens is 1. The van der Waals surface area contributed by atoms with Gasteiger partial charge in [-0.15, -0.1) is 0 Å². The third-order valence-corrected chi connectivity index (χ3v) is 3.69. The van der Waals surface area contributed by atoms with Crippen LogP contribution in [0, 0.1) is 5.82 Å². The average molecular weight is 318 g/mol. The van der Waals surface area contributed by atoms with Crippen molar-refractivity contribution in [2.24, 2.45) is 10.9 Å². The fraction of sp³-hybridized carbons (Fsp3) is 0. The second kappa shape index (κ2) is 6.87. The Labute approximate surface area is 139 Å². The van der Waals surface area contributed by atoms with Crippen LogP contribution in [-0.2, 0) is 0 Å². The molecule has 4 heteroatoms. The van der Waals surface area contributed by atoms with Crippen molar-refractivity contribution in [2.45, 2.75) is 0 Å². The van der Waals surface area contributed by atoms with Crippen molar-refractivity contribution in [3.63, 3.8) is 0 Å². The van der Waals surface area contributed by atoms with Crippen LogP contribution in [0.25, 0.3) is 11.1 Å². The summed E-state index contributed by atoms with van der Waals surface area (Å²) in [6.45, 7) is 0. The second-order valence-corrected chi connectivity index (χ2v) is 5.29. The zero-order valence-electron chi connectivity index (χ0n) is 12.8. The number of carbonyl (C=O) groups excluding carboxylic acids is 1. The van der Waals surface area contributed by atoms with Crippen molar-refractivity contribution in [3.8, 4) is 11.1 Å². The first-order chi connectivity index (χ1) is 11.7. The topological polar surface area (TPSA) is 55.4 Å². The lowest BCUT2D eigenvalue weighted by molar-refractivity contribution is 0.103. The van der Waals surface area contributed by atoms with E-state index in [1.54, 1.807) is 36.4 Å². The zero-order chi connectivity index (χ0) is 16.9. The van der Waals surface area contributed by atoms with E-state index < -0.39 is 5.82 Å². The summed E-state index contributed by atoms with van der Waals surface area (Å²) in [6, 6.07) is 20.7. The van der Waals surface area contributed by atoms with Crippen LogP contribution in [0.4, 0.5) is 4.39 Å². The molecule has 0 aliphatic rings. The molecular weight excluding hydrogens is 303 g/mol. The predicted octanol–water partition coefficient (Wildman–Crippen LogP) is 4.02. The maximum Gasteiger partial charge on any atom is 0.195 e. The van der Waals surface area contributed by atoms with Crippen LogP contribution in [0.15, 0.2) is 77.9 Å². The van der Waals surface area contributed by atoms with Gasteiger partial charge in [0.15, 0.2) is 5.78 Å². The van der Waals surface area contributed by atoms with Crippen molar-refractivity contribution >= 4 is 12.0 Å². The summed E-state index contributed by atoms with van der Waals surface area (Å²) >= 11 is 0. The normalized spacial score (nSPS) is 10.9. The van der Waals surface area contributed by atoms with Gasteiger partial charge >= 0.3 is 0 Å². The van der Waals surface area contributed by atoms with E-state index in [1.807, 2.05) is 30.3 Å². The van der Waals surface area contributed by atoms with Crippen LogP contribution < -0.4 is 5.84 Å². The van der Waals surface area contributed by atoms with Crippen molar-refractivity contribution in [2.75, 3.05) is 0 Å². The summed E-state index contributed by atoms with van der Waals surface area (Å²) in [5.41, 5.74) is 2.95. The Morgan fingerprint density at radius 1 is 0.917 bits per heavy atom. The summed E-state index contributed by atoms with van der Waals surface area (Å²) in [4.78, 5) is 12.5. The van der Waals surface area contributed by atoms with E-state index >= 15 is 0 Å². The van der Waals surface area contributed by atoms with E-state index in [0.29, 0.717) is 5.56 Å². The molecule has 0 saturated carbocycles. The van der Waals surface area contributed by atoms with Crippen LogP contribution in [0.3, 0.4) is 0 Å². The number of hydrazone groups is 1. The van der Waals surface area contributed by atoms with E-state index in [-0.39, 0.29) is 11.3 Å². The van der Waals surface area contributed by atoms with Gasteiger partial charge in [-0.2, -0.15) is 5.10 Å². The summed E-state index contributed by atoms with van der Waals surface area (Å²) < 4.78 is 14.2. The molecule has 0 aliphatic heterocycles. The predicted molar refractivity (Wildman–Crippen MR) is 93.5 cm³/mol. The number of carbonyl (C=O) groups is 1. The van der Waals surface area contributed by atoms with Crippen molar-refractivity contribution in [3.05, 3.63) is 95.3 Å². The Morgan fingerprint density at radius 2 is 1.67 bits per heavy atom. The third-order valence-electron chi connectivity index (χ3n) is 3.69. The van der Waals surface area contributed by atoms with Crippen LogP contribution in [-0.4, -0.2) is 12.0 Å². The number of ketones is 1. The molecule has 3 nitrogen and oxygen atoms in total. The van der Waals surface area contributed by atoms with Crippen molar-refractivity contribution in [1.82, 2.24) is 0 Å². The highest BCUT2D eigenvalue weighted by Gasteiger charge is 2.15. The number of benzene rings is 3. The molecule has 3 aromatic rings. The van der Waals surface area contributed by atoms with E-state index in [4.69, 9.17) is 5.84 Å². The van der Waals surface area contributed by atoms with Gasteiger partial charge in [-0.25, -0.2) is 4.39 Å². The lowest BCUT2D eigenvalue weighted by atomic mass is 9.97. The first-order valence-corrected chi connectivity index (χ1v) is 7.42. The Bertz CT molecular complexity index is 905. The molecule has 0 heterocycles. The lowest BCUT2D eigenvalue weighted by Crippen LogP contribution is -2.04. The van der Waals surface area contributed by atoms with Crippen molar-refractivity contribution in [1.29, 1.82) is 0 Å². The minimum Gasteiger partial charge on any atom is -0.323 e. The summed E-state index contributed by atoms with van der Waals surface area (Å²) in [5.74, 6) is 4.30. The Hall–Kier alpha value is -3.27. The molecule has 0 saturated heterocycles. The van der Waals surface area contributed by atoms with Gasteiger partial charge in [-0.3, -0.25) is 4.79 Å². The largest absolute Gasteiger partial charge is 0.323 e. The molecule has 0 spiro atoms. The van der Waals surface area contributed by atoms with Gasteiger partial charge in [-0.1, -0.05) is 54.6 Å². The van der Waals surface area contributed by atoms with E-state index in [1.165, 1.54) is 12.3 Å². The van der Waals surface area contributed by atoms with E-state index in [2.05, 4.69) is 5.10 Å². The van der Waals surface area contributed by atoms with Gasteiger partial charge in [0.2, 0.25) is 0 Å². The van der Waals surface area contributed by atoms with Gasteiger partial charge in [0.25, 0.3) is 0 Å². The Kier molecular flexibility index (Phi) is 4.47. The summed E-state index contributed by atoms with van der Waals surface area (Å²) in [5, 5.41) is 3.50. The lowest BCUT2D eigenvalue weighted by Gasteiger charge is -2.07. The number of hydrogen-bond donors (Lipinski definition) is 1. The van der Waals surface area contributed by atoms with Gasteiger partial charge in [0.05, 0.1) is 11.8 Å². The van der Waals surface area contributed by atoms with Crippen molar-refractivity contribution < 1.29 is 9.18 Å². The SMILES string of the molecule is N/N=C\c1cccc(-c2ccc(F)c(C(=O)c3ccccc3)c2)c1. The molecule has 118 valence electrons. The Balaban J connectivity index is 2.03. The molecule has 3 aromatic carbocycles. The van der Waals surface area contributed by atoms with Crippen LogP contribution in [0.2, 0.25) is 0 Å². The van der Waals surface area contributed by atoms with Gasteiger partial charge in [-0.05, 0) is 34.9 Å². The highest BCUT2D eigenvalue weighted by atomic mass is 19.1. The highest BCUT2D eigenvalue weighted by Crippen LogP contribution is 2.24. The number of nitrogens with two attached hydrogens (primary N) is 1. The molecule has 0 amide bonds. The number of hydrogen-bond acceptors (Lipinski definition) is 3. The molecule has 0 aromatic heterocycles. The van der Waals surface area contributed by atoms with Gasteiger partial charge in [0, 0.05) is 5.56 Å². The van der Waals surface area contributed by atoms with Crippen LogP contribution in [0.5, 0.6) is 0 Å². The third kappa shape index (κ3) is 3.22. The number of nitrogens with zero attached hydrogens (tertiary/aromatic N) is 1. The van der Waals surface area contributed by atoms with Gasteiger partial charge in [0.1, 0.15) is 5.82 Å². The smallest absolute Gasteiger partial charge is 0.195 e. The minimum atomic E-state index is -0.535. The number of rotatable bonds is 4. The maximum atomic E-state index is 14.2. The summed E-state index contributed by atoms with van der Waals surface area (Å²) in [7, 11) is 0. The fourth-order valence-corrected chi connectivity index (χ4v) is 2.51. The second-order valence-electron chi connectivity index (χ2n) is 5.29. The molecule has 0 unspecified atom stereocenters. The van der Waals surface area contributed by atoms with Gasteiger partial charge < -0.3 is 5.84 Å². The monoisotopic (exact) mass is 318 g/mol. The van der Waals surface area contributed by atoms with Crippen LogP contribution in [0.1, 0.15) is 21.5 Å². The molecule has 0 fully saturated rings. The first kappa shape index (κ1) is 15.6. The zero-order valence-corrected chi connectivity index (χ0v) is 12.8. The average Bonchev–Trinajstić information content (AvgIpc) is 2.63. The van der Waals surface area contributed by atoms with E-state index in [0.717, 1.165) is 16.7 Å². The van der Waals surface area contributed by atoms with Crippen LogP contribution >= 0.6 is 0 Å². The molecular formula is C20H15FN2O. The standard InChI is InChI=1S/C20H15FN2O/c21-19-10-9-17(16-8-4-5-14(11-16)13-23-22)12-18(19)20(24)15-6-2-1-3-7-15/h1-13H,22H2/b23-13-. The molecule has 0 radical (unpaired) electrons. The maximum absolute atomic E-state index is 14.2. The molecule has 0 bridgehead atoms. The molecule has 2 N–H and O–H groups in total. The summed E-state index contributed by atoms with van der Waals surface area (Å²) in [6.07, 6.45) is 1.53. The fourth-order valence-electron chi connectivity index (χ4n) is 2.51. The Morgan fingerprint density at radius 3 is 2.42 bits per heavy atom. The molecule has 3 rings (SSSR count). The molecule has 24 heavy (non-hydrogen) atoms. The van der Waals surface area contributed by atoms with E-state index in [9.17, 15) is 9.18 Å².